The van der Waals surface area contributed by atoms with Gasteiger partial charge in [-0.1, -0.05) is 84.7 Å². The van der Waals surface area contributed by atoms with E-state index < -0.39 is 0 Å². The van der Waals surface area contributed by atoms with Gasteiger partial charge in [-0.15, -0.1) is 0 Å². The minimum atomic E-state index is 0.872. The van der Waals surface area contributed by atoms with E-state index in [0.717, 1.165) is 11.4 Å². The molecule has 0 saturated carbocycles. The molecule has 0 saturated heterocycles. The summed E-state index contributed by atoms with van der Waals surface area (Å²) in [4.78, 5) is 0. The molecular weight excluding hydrogens is 268 g/mol. The van der Waals surface area contributed by atoms with Crippen LogP contribution in [-0.4, -0.2) is 0 Å². The zero-order valence-corrected chi connectivity index (χ0v) is 15.9. The van der Waals surface area contributed by atoms with Crippen LogP contribution in [0.15, 0.2) is 64.5 Å². The molecule has 1 aromatic rings. The summed E-state index contributed by atoms with van der Waals surface area (Å²) in [5.41, 5.74) is 1.74. The molecule has 0 heterocycles. The lowest BCUT2D eigenvalue weighted by molar-refractivity contribution is 0.886. The molecule has 0 atom stereocenters. The van der Waals surface area contributed by atoms with Crippen molar-refractivity contribution in [3.63, 3.8) is 0 Å². The van der Waals surface area contributed by atoms with Crippen molar-refractivity contribution in [1.82, 2.24) is 0 Å². The second kappa shape index (κ2) is 24.3. The number of hydrogen-bond donors (Lipinski definition) is 0. The predicted octanol–water partition coefficient (Wildman–Crippen LogP) is 8.11. The van der Waals surface area contributed by atoms with Gasteiger partial charge in [0.15, 0.2) is 0 Å². The van der Waals surface area contributed by atoms with Crippen LogP contribution in [0.25, 0.3) is 0 Å². The second-order valence-corrected chi connectivity index (χ2v) is 3.75. The van der Waals surface area contributed by atoms with E-state index in [4.69, 9.17) is 0 Å². The Balaban J connectivity index is -0.000000383. The van der Waals surface area contributed by atoms with Crippen molar-refractivity contribution in [1.29, 1.82) is 0 Å². The third-order valence-electron chi connectivity index (χ3n) is 2.17. The molecule has 22 heavy (non-hydrogen) atoms. The Morgan fingerprint density at radius 2 is 1.41 bits per heavy atom. The van der Waals surface area contributed by atoms with Gasteiger partial charge in [-0.25, -0.2) is 0 Å². The predicted molar refractivity (Wildman–Crippen MR) is 103 cm³/mol. The molecular formula is C20H36N2. The molecule has 1 aromatic carbocycles. The van der Waals surface area contributed by atoms with Crippen molar-refractivity contribution in [3.05, 3.63) is 54.3 Å². The Labute approximate surface area is 139 Å². The number of azo groups is 1. The lowest BCUT2D eigenvalue weighted by atomic mass is 10.3. The highest BCUT2D eigenvalue weighted by Gasteiger charge is 1.86. The van der Waals surface area contributed by atoms with Gasteiger partial charge in [-0.2, -0.15) is 10.2 Å². The van der Waals surface area contributed by atoms with Crippen LogP contribution in [0, 0.1) is 0 Å². The Morgan fingerprint density at radius 1 is 0.909 bits per heavy atom. The molecule has 126 valence electrons. The van der Waals surface area contributed by atoms with E-state index in [1.165, 1.54) is 12.8 Å². The Hall–Kier alpha value is -1.70. The molecule has 0 amide bonds. The van der Waals surface area contributed by atoms with Crippen LogP contribution in [0.2, 0.25) is 0 Å². The molecule has 0 aliphatic heterocycles. The van der Waals surface area contributed by atoms with Gasteiger partial charge in [0, 0.05) is 0 Å². The van der Waals surface area contributed by atoms with E-state index in [0.29, 0.717) is 0 Å². The molecule has 0 aromatic heterocycles. The van der Waals surface area contributed by atoms with Gasteiger partial charge in [0.2, 0.25) is 0 Å². The summed E-state index contributed by atoms with van der Waals surface area (Å²) in [5, 5.41) is 8.20. The van der Waals surface area contributed by atoms with Gasteiger partial charge in [0.1, 0.15) is 0 Å². The minimum Gasteiger partial charge on any atom is -0.151 e. The SMILES string of the molecule is C/C=C\C(=C/C)N=Nc1ccccc1.CC.CC.CCCC. The smallest absolute Gasteiger partial charge is 0.0857 e. The first-order chi connectivity index (χ1) is 10.8. The molecule has 0 aliphatic rings. The zero-order valence-electron chi connectivity index (χ0n) is 15.9. The molecule has 0 aliphatic carbocycles. The van der Waals surface area contributed by atoms with E-state index in [9.17, 15) is 0 Å². The van der Waals surface area contributed by atoms with E-state index in [2.05, 4.69) is 24.1 Å². The largest absolute Gasteiger partial charge is 0.151 e. The standard InChI is InChI=1S/C12H14N2.C4H10.2C2H6/c1-3-8-11(4-2)13-14-12-9-6-5-7-10-12;1-3-4-2;2*1-2/h3-10H,1-2H3;3-4H2,1-2H3;2*1-2H3/b8-3-,11-4+,14-13?;;;. The molecule has 0 N–H and O–H groups in total. The quantitative estimate of drug-likeness (QED) is 0.396. The summed E-state index contributed by atoms with van der Waals surface area (Å²) >= 11 is 0. The van der Waals surface area contributed by atoms with E-state index in [1.54, 1.807) is 0 Å². The number of hydrogen-bond acceptors (Lipinski definition) is 2. The maximum absolute atomic E-state index is 4.10. The van der Waals surface area contributed by atoms with Crippen LogP contribution in [0.1, 0.15) is 68.2 Å². The average Bonchev–Trinajstić information content (AvgIpc) is 2.63. The molecule has 2 heteroatoms. The van der Waals surface area contributed by atoms with Crippen molar-refractivity contribution < 1.29 is 0 Å². The topological polar surface area (TPSA) is 24.7 Å². The number of unbranched alkanes of at least 4 members (excludes halogenated alkanes) is 1. The fourth-order valence-electron chi connectivity index (χ4n) is 0.968. The maximum Gasteiger partial charge on any atom is 0.0857 e. The van der Waals surface area contributed by atoms with Crippen LogP contribution in [-0.2, 0) is 0 Å². The molecule has 0 radical (unpaired) electrons. The molecule has 0 fully saturated rings. The van der Waals surface area contributed by atoms with Crippen LogP contribution >= 0.6 is 0 Å². The van der Waals surface area contributed by atoms with E-state index in [1.807, 2.05) is 90.1 Å². The van der Waals surface area contributed by atoms with Gasteiger partial charge < -0.3 is 0 Å². The normalized spacial score (nSPS) is 10.1. The summed E-state index contributed by atoms with van der Waals surface area (Å²) in [6.07, 6.45) is 8.43. The number of rotatable bonds is 4. The number of benzene rings is 1. The van der Waals surface area contributed by atoms with E-state index in [-0.39, 0.29) is 0 Å². The van der Waals surface area contributed by atoms with Crippen LogP contribution in [0.4, 0.5) is 5.69 Å². The highest BCUT2D eigenvalue weighted by Crippen LogP contribution is 2.12. The molecule has 0 spiro atoms. The highest BCUT2D eigenvalue weighted by atomic mass is 15.1. The summed E-state index contributed by atoms with van der Waals surface area (Å²) < 4.78 is 0. The van der Waals surface area contributed by atoms with Gasteiger partial charge >= 0.3 is 0 Å². The maximum atomic E-state index is 4.10. The van der Waals surface area contributed by atoms with Crippen LogP contribution in [0.5, 0.6) is 0 Å². The first-order valence-electron chi connectivity index (χ1n) is 8.54. The lowest BCUT2D eigenvalue weighted by Gasteiger charge is -1.91. The van der Waals surface area contributed by atoms with Crippen LogP contribution < -0.4 is 0 Å². The van der Waals surface area contributed by atoms with Crippen molar-refractivity contribution in [2.24, 2.45) is 10.2 Å². The lowest BCUT2D eigenvalue weighted by Crippen LogP contribution is -1.68. The number of allylic oxidation sites excluding steroid dienone is 3. The average molecular weight is 305 g/mol. The van der Waals surface area contributed by atoms with Gasteiger partial charge in [-0.3, -0.25) is 0 Å². The fraction of sp³-hybridized carbons (Fsp3) is 0.500. The van der Waals surface area contributed by atoms with Gasteiger partial charge in [-0.05, 0) is 32.1 Å². The van der Waals surface area contributed by atoms with Gasteiger partial charge in [0.25, 0.3) is 0 Å². The highest BCUT2D eigenvalue weighted by molar-refractivity contribution is 5.35. The first-order valence-corrected chi connectivity index (χ1v) is 8.54. The monoisotopic (exact) mass is 304 g/mol. The van der Waals surface area contributed by atoms with Crippen molar-refractivity contribution >= 4 is 5.69 Å². The Bertz CT molecular complexity index is 374. The van der Waals surface area contributed by atoms with Crippen LogP contribution in [0.3, 0.4) is 0 Å². The molecule has 0 bridgehead atoms. The Kier molecular flexibility index (Phi) is 27.9. The third kappa shape index (κ3) is 18.3. The molecule has 2 nitrogen and oxygen atoms in total. The first kappa shape index (κ1) is 25.3. The fourth-order valence-corrected chi connectivity index (χ4v) is 0.968. The van der Waals surface area contributed by atoms with Crippen molar-refractivity contribution in [3.8, 4) is 0 Å². The zero-order chi connectivity index (χ0) is 17.6. The third-order valence-corrected chi connectivity index (χ3v) is 2.17. The van der Waals surface area contributed by atoms with Gasteiger partial charge in [0.05, 0.1) is 11.4 Å². The van der Waals surface area contributed by atoms with Crippen molar-refractivity contribution in [2.45, 2.75) is 68.2 Å². The summed E-state index contributed by atoms with van der Waals surface area (Å²) in [6.45, 7) is 16.3. The van der Waals surface area contributed by atoms with E-state index >= 15 is 0 Å². The molecule has 0 unspecified atom stereocenters. The minimum absolute atomic E-state index is 0.872. The number of nitrogens with zero attached hydrogens (tertiary/aromatic N) is 2. The summed E-state index contributed by atoms with van der Waals surface area (Å²) in [5.74, 6) is 0. The summed E-state index contributed by atoms with van der Waals surface area (Å²) in [7, 11) is 0. The van der Waals surface area contributed by atoms with Crippen molar-refractivity contribution in [2.75, 3.05) is 0 Å². The molecule has 1 rings (SSSR count). The second-order valence-electron chi connectivity index (χ2n) is 3.75. The summed E-state index contributed by atoms with van der Waals surface area (Å²) in [6, 6.07) is 9.69. The Morgan fingerprint density at radius 3 is 1.77 bits per heavy atom.